The van der Waals surface area contributed by atoms with E-state index in [4.69, 9.17) is 11.6 Å². The van der Waals surface area contributed by atoms with Crippen molar-refractivity contribution >= 4 is 23.3 Å². The van der Waals surface area contributed by atoms with Gasteiger partial charge in [0.05, 0.1) is 5.69 Å². The lowest BCUT2D eigenvalue weighted by Gasteiger charge is -2.08. The van der Waals surface area contributed by atoms with E-state index in [1.54, 1.807) is 0 Å². The highest BCUT2D eigenvalue weighted by molar-refractivity contribution is 6.17. The van der Waals surface area contributed by atoms with Gasteiger partial charge >= 0.3 is 6.03 Å². The first-order valence-corrected chi connectivity index (χ1v) is 5.73. The van der Waals surface area contributed by atoms with Crippen LogP contribution in [0.5, 0.6) is 0 Å². The molecule has 6 heteroatoms. The van der Waals surface area contributed by atoms with Crippen LogP contribution in [-0.2, 0) is 0 Å². The van der Waals surface area contributed by atoms with Crippen LogP contribution in [0, 0.1) is 11.6 Å². The van der Waals surface area contributed by atoms with E-state index < -0.39 is 17.7 Å². The standard InChI is InChI=1S/C11H13ClF2N2O/c12-5-1-2-6-15-11(17)16-10-7-8(13)3-4-9(10)14/h3-4,7H,1-2,5-6H2,(H2,15,16,17). The second-order valence-electron chi connectivity index (χ2n) is 3.40. The average Bonchev–Trinajstić information content (AvgIpc) is 2.29. The van der Waals surface area contributed by atoms with Crippen molar-refractivity contribution in [3.05, 3.63) is 29.8 Å². The normalized spacial score (nSPS) is 10.1. The summed E-state index contributed by atoms with van der Waals surface area (Å²) in [5.41, 5.74) is -0.181. The lowest BCUT2D eigenvalue weighted by atomic mass is 10.3. The molecule has 0 saturated carbocycles. The Balaban J connectivity index is 2.42. The van der Waals surface area contributed by atoms with Crippen LogP contribution in [0.15, 0.2) is 18.2 Å². The van der Waals surface area contributed by atoms with Crippen molar-refractivity contribution in [2.24, 2.45) is 0 Å². The van der Waals surface area contributed by atoms with Crippen molar-refractivity contribution in [2.45, 2.75) is 12.8 Å². The minimum absolute atomic E-state index is 0.181. The molecule has 1 aromatic rings. The predicted molar refractivity (Wildman–Crippen MR) is 63.3 cm³/mol. The summed E-state index contributed by atoms with van der Waals surface area (Å²) in [7, 11) is 0. The van der Waals surface area contributed by atoms with Gasteiger partial charge in [0.15, 0.2) is 0 Å². The van der Waals surface area contributed by atoms with Crippen molar-refractivity contribution < 1.29 is 13.6 Å². The van der Waals surface area contributed by atoms with Crippen LogP contribution >= 0.6 is 11.6 Å². The predicted octanol–water partition coefficient (Wildman–Crippen LogP) is 3.11. The number of hydrogen-bond donors (Lipinski definition) is 2. The Hall–Kier alpha value is -1.36. The lowest BCUT2D eigenvalue weighted by molar-refractivity contribution is 0.252. The molecule has 94 valence electrons. The van der Waals surface area contributed by atoms with Crippen LogP contribution < -0.4 is 10.6 Å². The van der Waals surface area contributed by atoms with Gasteiger partial charge in [0.1, 0.15) is 11.6 Å². The summed E-state index contributed by atoms with van der Waals surface area (Å²) in [4.78, 5) is 11.3. The van der Waals surface area contributed by atoms with Gasteiger partial charge in [-0.15, -0.1) is 11.6 Å². The van der Waals surface area contributed by atoms with E-state index in [0.717, 1.165) is 31.0 Å². The molecule has 0 saturated heterocycles. The van der Waals surface area contributed by atoms with E-state index in [1.807, 2.05) is 0 Å². The van der Waals surface area contributed by atoms with Gasteiger partial charge < -0.3 is 10.6 Å². The molecule has 0 heterocycles. The summed E-state index contributed by atoms with van der Waals surface area (Å²) in [6.07, 6.45) is 1.53. The van der Waals surface area contributed by atoms with Crippen molar-refractivity contribution in [3.8, 4) is 0 Å². The highest BCUT2D eigenvalue weighted by atomic mass is 35.5. The summed E-state index contributed by atoms with van der Waals surface area (Å²) >= 11 is 5.47. The molecule has 0 atom stereocenters. The molecule has 0 aromatic heterocycles. The van der Waals surface area contributed by atoms with Crippen molar-refractivity contribution in [1.82, 2.24) is 5.32 Å². The zero-order valence-electron chi connectivity index (χ0n) is 9.10. The molecule has 1 rings (SSSR count). The monoisotopic (exact) mass is 262 g/mol. The third-order valence-corrected chi connectivity index (χ3v) is 2.29. The number of nitrogens with one attached hydrogen (secondary N) is 2. The molecule has 0 radical (unpaired) electrons. The van der Waals surface area contributed by atoms with Crippen LogP contribution in [0.2, 0.25) is 0 Å². The van der Waals surface area contributed by atoms with E-state index in [-0.39, 0.29) is 5.69 Å². The highest BCUT2D eigenvalue weighted by Crippen LogP contribution is 2.14. The molecule has 0 spiro atoms. The largest absolute Gasteiger partial charge is 0.338 e. The summed E-state index contributed by atoms with van der Waals surface area (Å²) in [5, 5.41) is 4.74. The number of hydrogen-bond acceptors (Lipinski definition) is 1. The Morgan fingerprint density at radius 3 is 2.76 bits per heavy atom. The molecule has 2 amide bonds. The molecule has 3 nitrogen and oxygen atoms in total. The van der Waals surface area contributed by atoms with Crippen LogP contribution in [0.25, 0.3) is 0 Å². The first kappa shape index (κ1) is 13.7. The molecule has 17 heavy (non-hydrogen) atoms. The zero-order valence-corrected chi connectivity index (χ0v) is 9.86. The molecule has 0 unspecified atom stereocenters. The number of carbonyl (C=O) groups excluding carboxylic acids is 1. The Bertz CT molecular complexity index is 388. The van der Waals surface area contributed by atoms with Crippen molar-refractivity contribution in [1.29, 1.82) is 0 Å². The third-order valence-electron chi connectivity index (χ3n) is 2.02. The van der Waals surface area contributed by atoms with E-state index in [2.05, 4.69) is 10.6 Å². The summed E-state index contributed by atoms with van der Waals surface area (Å²) in [6, 6.07) is 2.30. The van der Waals surface area contributed by atoms with Crippen LogP contribution in [0.3, 0.4) is 0 Å². The average molecular weight is 263 g/mol. The number of benzene rings is 1. The van der Waals surface area contributed by atoms with Gasteiger partial charge in [0.25, 0.3) is 0 Å². The number of alkyl halides is 1. The first-order valence-electron chi connectivity index (χ1n) is 5.19. The number of amides is 2. The topological polar surface area (TPSA) is 41.1 Å². The molecule has 1 aromatic carbocycles. The zero-order chi connectivity index (χ0) is 12.7. The Labute approximate surface area is 103 Å². The van der Waals surface area contributed by atoms with Crippen LogP contribution in [0.1, 0.15) is 12.8 Å². The number of halogens is 3. The van der Waals surface area contributed by atoms with Gasteiger partial charge in [0.2, 0.25) is 0 Å². The Kier molecular flexibility index (Phi) is 5.69. The molecule has 0 aliphatic carbocycles. The number of urea groups is 1. The lowest BCUT2D eigenvalue weighted by Crippen LogP contribution is -2.29. The fraction of sp³-hybridized carbons (Fsp3) is 0.364. The fourth-order valence-electron chi connectivity index (χ4n) is 1.18. The van der Waals surface area contributed by atoms with Gasteiger partial charge in [-0.25, -0.2) is 13.6 Å². The van der Waals surface area contributed by atoms with Gasteiger partial charge in [-0.1, -0.05) is 0 Å². The van der Waals surface area contributed by atoms with Gasteiger partial charge in [-0.3, -0.25) is 0 Å². The second kappa shape index (κ2) is 7.06. The smallest absolute Gasteiger partial charge is 0.319 e. The maximum absolute atomic E-state index is 13.1. The molecular weight excluding hydrogens is 250 g/mol. The minimum atomic E-state index is -0.678. The van der Waals surface area contributed by atoms with Gasteiger partial charge in [-0.2, -0.15) is 0 Å². The number of carbonyl (C=O) groups is 1. The summed E-state index contributed by atoms with van der Waals surface area (Å²) in [6.45, 7) is 0.440. The van der Waals surface area contributed by atoms with Crippen molar-refractivity contribution in [3.63, 3.8) is 0 Å². The quantitative estimate of drug-likeness (QED) is 0.621. The molecule has 0 aliphatic rings. The molecular formula is C11H13ClF2N2O. The number of unbranched alkanes of at least 4 members (excludes halogenated alkanes) is 1. The van der Waals surface area contributed by atoms with Gasteiger partial charge in [-0.05, 0) is 25.0 Å². The molecule has 0 fully saturated rings. The van der Waals surface area contributed by atoms with E-state index >= 15 is 0 Å². The van der Waals surface area contributed by atoms with E-state index in [0.29, 0.717) is 12.4 Å². The maximum Gasteiger partial charge on any atom is 0.319 e. The third kappa shape index (κ3) is 4.99. The second-order valence-corrected chi connectivity index (χ2v) is 3.78. The maximum atomic E-state index is 13.1. The SMILES string of the molecule is O=C(NCCCCCl)Nc1cc(F)ccc1F. The summed E-state index contributed by atoms with van der Waals surface area (Å²) in [5.74, 6) is -0.756. The summed E-state index contributed by atoms with van der Waals surface area (Å²) < 4.78 is 25.9. The fourth-order valence-corrected chi connectivity index (χ4v) is 1.37. The first-order chi connectivity index (χ1) is 8.13. The Morgan fingerprint density at radius 2 is 2.06 bits per heavy atom. The van der Waals surface area contributed by atoms with Crippen LogP contribution in [-0.4, -0.2) is 18.5 Å². The van der Waals surface area contributed by atoms with E-state index in [9.17, 15) is 13.6 Å². The van der Waals surface area contributed by atoms with Crippen molar-refractivity contribution in [2.75, 3.05) is 17.7 Å². The number of anilines is 1. The molecule has 2 N–H and O–H groups in total. The molecule has 0 bridgehead atoms. The van der Waals surface area contributed by atoms with Gasteiger partial charge in [0, 0.05) is 18.5 Å². The van der Waals surface area contributed by atoms with E-state index in [1.165, 1.54) is 0 Å². The van der Waals surface area contributed by atoms with Crippen LogP contribution in [0.4, 0.5) is 19.3 Å². The minimum Gasteiger partial charge on any atom is -0.338 e. The highest BCUT2D eigenvalue weighted by Gasteiger charge is 2.07. The Morgan fingerprint density at radius 1 is 1.29 bits per heavy atom. The number of rotatable bonds is 5. The molecule has 0 aliphatic heterocycles.